The van der Waals surface area contributed by atoms with Crippen LogP contribution in [0.15, 0.2) is 139 Å². The van der Waals surface area contributed by atoms with Crippen LogP contribution in [-0.2, 0) is 11.8 Å². The van der Waals surface area contributed by atoms with E-state index in [9.17, 15) is 0 Å². The molecule has 1 heteroatoms. The van der Waals surface area contributed by atoms with E-state index < -0.39 is 0 Å². The fourth-order valence-electron chi connectivity index (χ4n) is 9.18. The van der Waals surface area contributed by atoms with Gasteiger partial charge in [-0.25, -0.2) is 0 Å². The Labute approximate surface area is 283 Å². The molecule has 0 saturated heterocycles. The van der Waals surface area contributed by atoms with E-state index in [4.69, 9.17) is 0 Å². The van der Waals surface area contributed by atoms with Gasteiger partial charge in [-0.3, -0.25) is 0 Å². The molecule has 5 aliphatic rings. The Balaban J connectivity index is 1.02. The van der Waals surface area contributed by atoms with Crippen molar-refractivity contribution in [1.29, 1.82) is 0 Å². The van der Waals surface area contributed by atoms with E-state index in [1.54, 1.807) is 5.57 Å². The average molecular weight is 618 g/mol. The Kier molecular flexibility index (Phi) is 6.07. The number of nitrogens with zero attached hydrogens (tertiary/aromatic N) is 1. The summed E-state index contributed by atoms with van der Waals surface area (Å²) in [6.45, 7) is 4.88. The van der Waals surface area contributed by atoms with Crippen molar-refractivity contribution in [1.82, 2.24) is 4.57 Å². The van der Waals surface area contributed by atoms with Crippen LogP contribution in [0.25, 0.3) is 50.3 Å². The maximum absolute atomic E-state index is 2.55. The van der Waals surface area contributed by atoms with Crippen molar-refractivity contribution in [3.8, 4) is 0 Å². The first-order chi connectivity index (χ1) is 23.5. The lowest BCUT2D eigenvalue weighted by Gasteiger charge is -2.26. The van der Waals surface area contributed by atoms with Crippen LogP contribution < -0.4 is 0 Å². The SMILES string of the molecule is CC1(C)C2=C(CCC(c3ccc4c(c3)c3ccccc3n4C3=CCC4C=CC=CC4=C3)=C2)c2ccc(C3=Cc4ccccc4CC3)cc21. The number of aryl methyl sites for hydroxylation is 1. The van der Waals surface area contributed by atoms with Gasteiger partial charge in [-0.1, -0.05) is 117 Å². The molecule has 0 fully saturated rings. The highest BCUT2D eigenvalue weighted by Gasteiger charge is 2.38. The summed E-state index contributed by atoms with van der Waals surface area (Å²) in [5.41, 5.74) is 19.7. The van der Waals surface area contributed by atoms with Gasteiger partial charge in [0, 0.05) is 27.8 Å². The first-order valence-corrected chi connectivity index (χ1v) is 17.7. The smallest absolute Gasteiger partial charge is 0.0541 e. The third-order valence-corrected chi connectivity index (χ3v) is 11.8. The molecule has 1 unspecified atom stereocenters. The minimum absolute atomic E-state index is 0.0266. The number of rotatable bonds is 3. The molecular weight excluding hydrogens is 579 g/mol. The maximum atomic E-state index is 2.55. The molecule has 1 heterocycles. The second-order valence-corrected chi connectivity index (χ2v) is 14.8. The van der Waals surface area contributed by atoms with E-state index in [-0.39, 0.29) is 5.41 Å². The van der Waals surface area contributed by atoms with Gasteiger partial charge < -0.3 is 4.57 Å². The predicted octanol–water partition coefficient (Wildman–Crippen LogP) is 12.1. The lowest BCUT2D eigenvalue weighted by Crippen LogP contribution is -2.17. The fourth-order valence-corrected chi connectivity index (χ4v) is 9.18. The summed E-state index contributed by atoms with van der Waals surface area (Å²) in [6.07, 6.45) is 24.2. The van der Waals surface area contributed by atoms with Gasteiger partial charge in [-0.15, -0.1) is 0 Å². The van der Waals surface area contributed by atoms with E-state index in [0.717, 1.165) is 32.1 Å². The minimum Gasteiger partial charge on any atom is -0.310 e. The summed E-state index contributed by atoms with van der Waals surface area (Å²) in [6, 6.07) is 32.3. The van der Waals surface area contributed by atoms with Crippen LogP contribution in [0.3, 0.4) is 0 Å². The molecule has 0 spiro atoms. The number of aromatic nitrogens is 1. The summed E-state index contributed by atoms with van der Waals surface area (Å²) in [5, 5.41) is 2.66. The number of allylic oxidation sites excluding steroid dienone is 13. The zero-order valence-electron chi connectivity index (χ0n) is 27.8. The first kappa shape index (κ1) is 27.9. The lowest BCUT2D eigenvalue weighted by atomic mass is 9.77. The Hall–Kier alpha value is -5.14. The van der Waals surface area contributed by atoms with Crippen LogP contribution in [0.1, 0.15) is 72.9 Å². The van der Waals surface area contributed by atoms with Gasteiger partial charge in [0.2, 0.25) is 0 Å². The number of benzene rings is 4. The van der Waals surface area contributed by atoms with Crippen molar-refractivity contribution in [2.45, 2.75) is 51.4 Å². The van der Waals surface area contributed by atoms with Gasteiger partial charge in [-0.05, 0) is 124 Å². The highest BCUT2D eigenvalue weighted by molar-refractivity contribution is 6.11. The van der Waals surface area contributed by atoms with E-state index in [0.29, 0.717) is 5.92 Å². The van der Waals surface area contributed by atoms with E-state index in [1.165, 1.54) is 83.2 Å². The molecule has 0 radical (unpaired) electrons. The molecule has 0 saturated carbocycles. The second kappa shape index (κ2) is 10.4. The minimum atomic E-state index is -0.0266. The van der Waals surface area contributed by atoms with Crippen LogP contribution in [0.2, 0.25) is 0 Å². The number of hydrogen-bond acceptors (Lipinski definition) is 0. The van der Waals surface area contributed by atoms with Gasteiger partial charge in [0.15, 0.2) is 0 Å². The van der Waals surface area contributed by atoms with Gasteiger partial charge in [0.1, 0.15) is 0 Å². The summed E-state index contributed by atoms with van der Waals surface area (Å²) in [4.78, 5) is 0. The molecule has 1 nitrogen and oxygen atoms in total. The summed E-state index contributed by atoms with van der Waals surface area (Å²) in [7, 11) is 0. The summed E-state index contributed by atoms with van der Waals surface area (Å²) in [5.74, 6) is 0.496. The summed E-state index contributed by atoms with van der Waals surface area (Å²) >= 11 is 0. The van der Waals surface area contributed by atoms with Gasteiger partial charge in [-0.2, -0.15) is 0 Å². The number of para-hydroxylation sites is 1. The standard InChI is InChI=1S/C47H39N/c1-47(2)43-28-36(34-16-15-30-9-3-5-11-32(30)25-34)18-22-39(43)40-23-19-37(29-44(40)47)35-20-24-46-42(27-35)41-13-7-8-14-45(41)48(46)38-21-17-31-10-4-6-12-33(31)26-38/h3-14,18,20-22,24-29,31H,15-17,19,23H2,1-2H3. The van der Waals surface area contributed by atoms with Crippen LogP contribution in [-0.4, -0.2) is 4.57 Å². The fraction of sp³-hybridized carbons (Fsp3) is 0.191. The zero-order valence-corrected chi connectivity index (χ0v) is 27.8. The molecule has 5 aromatic rings. The van der Waals surface area contributed by atoms with Crippen LogP contribution in [0.4, 0.5) is 0 Å². The van der Waals surface area contributed by atoms with E-state index in [2.05, 4.69) is 152 Å². The molecule has 0 N–H and O–H groups in total. The van der Waals surface area contributed by atoms with Crippen LogP contribution >= 0.6 is 0 Å². The van der Waals surface area contributed by atoms with E-state index in [1.807, 2.05) is 0 Å². The van der Waals surface area contributed by atoms with Crippen molar-refractivity contribution in [3.05, 3.63) is 172 Å². The molecule has 4 aromatic carbocycles. The monoisotopic (exact) mass is 617 g/mol. The quantitative estimate of drug-likeness (QED) is 0.190. The van der Waals surface area contributed by atoms with Crippen LogP contribution in [0.5, 0.6) is 0 Å². The molecule has 48 heavy (non-hydrogen) atoms. The second-order valence-electron chi connectivity index (χ2n) is 14.8. The Morgan fingerprint density at radius 2 is 1.48 bits per heavy atom. The molecule has 10 rings (SSSR count). The topological polar surface area (TPSA) is 4.93 Å². The molecule has 232 valence electrons. The zero-order chi connectivity index (χ0) is 32.0. The van der Waals surface area contributed by atoms with Crippen LogP contribution in [0, 0.1) is 5.92 Å². The number of fused-ring (bicyclic) bond motifs is 7. The highest BCUT2D eigenvalue weighted by atomic mass is 15.0. The third kappa shape index (κ3) is 4.16. The lowest BCUT2D eigenvalue weighted by molar-refractivity contribution is 0.651. The predicted molar refractivity (Wildman–Crippen MR) is 204 cm³/mol. The molecular formula is C47H39N. The average Bonchev–Trinajstić information content (AvgIpc) is 3.58. The van der Waals surface area contributed by atoms with Crippen molar-refractivity contribution >= 4 is 50.3 Å². The Morgan fingerprint density at radius 1 is 0.688 bits per heavy atom. The molecule has 1 aromatic heterocycles. The molecule has 0 aliphatic heterocycles. The van der Waals surface area contributed by atoms with Gasteiger partial charge in [0.05, 0.1) is 11.0 Å². The largest absolute Gasteiger partial charge is 0.310 e. The molecule has 1 atom stereocenters. The Bertz CT molecular complexity index is 2440. The van der Waals surface area contributed by atoms with Crippen molar-refractivity contribution in [2.24, 2.45) is 5.92 Å². The third-order valence-electron chi connectivity index (χ3n) is 11.8. The maximum Gasteiger partial charge on any atom is 0.0541 e. The van der Waals surface area contributed by atoms with Crippen molar-refractivity contribution in [3.63, 3.8) is 0 Å². The van der Waals surface area contributed by atoms with Gasteiger partial charge in [0.25, 0.3) is 0 Å². The number of hydrogen-bond donors (Lipinski definition) is 0. The van der Waals surface area contributed by atoms with Crippen molar-refractivity contribution in [2.75, 3.05) is 0 Å². The van der Waals surface area contributed by atoms with Gasteiger partial charge >= 0.3 is 0 Å². The normalized spacial score (nSPS) is 20.5. The Morgan fingerprint density at radius 3 is 2.44 bits per heavy atom. The molecule has 0 bridgehead atoms. The highest BCUT2D eigenvalue weighted by Crippen LogP contribution is 2.53. The molecule has 5 aliphatic carbocycles. The van der Waals surface area contributed by atoms with Crippen molar-refractivity contribution < 1.29 is 0 Å². The van der Waals surface area contributed by atoms with E-state index >= 15 is 0 Å². The summed E-state index contributed by atoms with van der Waals surface area (Å²) < 4.78 is 2.48. The first-order valence-electron chi connectivity index (χ1n) is 17.7. The molecule has 0 amide bonds.